The van der Waals surface area contributed by atoms with Gasteiger partial charge in [-0.05, 0) is 36.6 Å². The Morgan fingerprint density at radius 3 is 2.70 bits per heavy atom. The van der Waals surface area contributed by atoms with Crippen molar-refractivity contribution >= 4 is 17.5 Å². The van der Waals surface area contributed by atoms with Gasteiger partial charge in [-0.2, -0.15) is 0 Å². The first-order valence-corrected chi connectivity index (χ1v) is 7.85. The van der Waals surface area contributed by atoms with E-state index in [4.69, 9.17) is 16.3 Å². The molecule has 1 amide bonds. The lowest BCUT2D eigenvalue weighted by Crippen LogP contribution is -2.43. The van der Waals surface area contributed by atoms with Crippen LogP contribution in [0, 0.1) is 0 Å². The fourth-order valence-corrected chi connectivity index (χ4v) is 3.28. The molecule has 1 aliphatic carbocycles. The van der Waals surface area contributed by atoms with E-state index in [1.165, 1.54) is 25.7 Å². The summed E-state index contributed by atoms with van der Waals surface area (Å²) in [5.41, 5.74) is 1.03. The summed E-state index contributed by atoms with van der Waals surface area (Å²) in [4.78, 5) is 12.3. The van der Waals surface area contributed by atoms with E-state index in [1.54, 1.807) is 6.07 Å². The van der Waals surface area contributed by atoms with Gasteiger partial charge in [0.15, 0.2) is 6.10 Å². The molecular weight excluding hydrogens is 274 g/mol. The van der Waals surface area contributed by atoms with Crippen LogP contribution in [0.2, 0.25) is 5.02 Å². The van der Waals surface area contributed by atoms with Crippen LogP contribution < -0.4 is 10.1 Å². The maximum absolute atomic E-state index is 12.3. The molecule has 3 nitrogen and oxygen atoms in total. The quantitative estimate of drug-likeness (QED) is 0.848. The van der Waals surface area contributed by atoms with Crippen LogP contribution in [0.15, 0.2) is 18.2 Å². The molecule has 108 valence electrons. The molecule has 1 fully saturated rings. The molecule has 0 radical (unpaired) electrons. The van der Waals surface area contributed by atoms with Crippen molar-refractivity contribution in [1.82, 2.24) is 5.32 Å². The topological polar surface area (TPSA) is 38.3 Å². The summed E-state index contributed by atoms with van der Waals surface area (Å²) in [5.74, 6) is 0.805. The molecule has 1 unspecified atom stereocenters. The molecule has 0 spiro atoms. The van der Waals surface area contributed by atoms with Crippen molar-refractivity contribution in [1.29, 1.82) is 0 Å². The number of benzene rings is 1. The Kier molecular flexibility index (Phi) is 4.16. The molecule has 1 aliphatic heterocycles. The number of hydrogen-bond donors (Lipinski definition) is 1. The van der Waals surface area contributed by atoms with Crippen LogP contribution in [0.5, 0.6) is 5.75 Å². The standard InChI is InChI=1S/C16H20ClNO2/c17-12-7-8-14-11(9-12)10-15(20-14)16(19)18-13-5-3-1-2-4-6-13/h7-9,13,15H,1-6,10H2,(H,18,19). The zero-order valence-electron chi connectivity index (χ0n) is 11.5. The zero-order valence-corrected chi connectivity index (χ0v) is 12.3. The van der Waals surface area contributed by atoms with E-state index in [2.05, 4.69) is 5.32 Å². The van der Waals surface area contributed by atoms with Crippen LogP contribution in [0.25, 0.3) is 0 Å². The summed E-state index contributed by atoms with van der Waals surface area (Å²) in [6.07, 6.45) is 7.42. The number of rotatable bonds is 2. The van der Waals surface area contributed by atoms with Gasteiger partial charge in [-0.25, -0.2) is 0 Å². The maximum Gasteiger partial charge on any atom is 0.261 e. The largest absolute Gasteiger partial charge is 0.480 e. The highest BCUT2D eigenvalue weighted by Gasteiger charge is 2.30. The summed E-state index contributed by atoms with van der Waals surface area (Å²) in [6.45, 7) is 0. The lowest BCUT2D eigenvalue weighted by molar-refractivity contribution is -0.128. The summed E-state index contributed by atoms with van der Waals surface area (Å²) in [5, 5.41) is 3.85. The molecule has 0 bridgehead atoms. The Labute approximate surface area is 124 Å². The second-order valence-electron chi connectivity index (χ2n) is 5.76. The molecule has 1 aromatic rings. The third-order valence-corrected chi connectivity index (χ3v) is 4.43. The van der Waals surface area contributed by atoms with E-state index >= 15 is 0 Å². The predicted octanol–water partition coefficient (Wildman–Crippen LogP) is 3.48. The van der Waals surface area contributed by atoms with Crippen LogP contribution in [0.1, 0.15) is 44.1 Å². The molecule has 1 N–H and O–H groups in total. The molecule has 4 heteroatoms. The first-order valence-electron chi connectivity index (χ1n) is 7.48. The number of nitrogens with one attached hydrogen (secondary N) is 1. The molecule has 1 heterocycles. The maximum atomic E-state index is 12.3. The fraction of sp³-hybridized carbons (Fsp3) is 0.562. The van der Waals surface area contributed by atoms with E-state index in [0.717, 1.165) is 24.2 Å². The Hall–Kier alpha value is -1.22. The van der Waals surface area contributed by atoms with Crippen LogP contribution in [-0.4, -0.2) is 18.1 Å². The van der Waals surface area contributed by atoms with Gasteiger partial charge in [0.05, 0.1) is 0 Å². The number of halogens is 1. The van der Waals surface area contributed by atoms with Gasteiger partial charge < -0.3 is 10.1 Å². The normalized spacial score (nSPS) is 22.8. The molecule has 20 heavy (non-hydrogen) atoms. The van der Waals surface area contributed by atoms with Crippen molar-refractivity contribution in [3.63, 3.8) is 0 Å². The van der Waals surface area contributed by atoms with E-state index < -0.39 is 6.10 Å². The Morgan fingerprint density at radius 2 is 1.95 bits per heavy atom. The molecule has 1 aromatic carbocycles. The van der Waals surface area contributed by atoms with Crippen LogP contribution in [-0.2, 0) is 11.2 Å². The molecule has 1 saturated carbocycles. The van der Waals surface area contributed by atoms with Crippen LogP contribution in [0.3, 0.4) is 0 Å². The molecule has 0 saturated heterocycles. The van der Waals surface area contributed by atoms with Gasteiger partial charge >= 0.3 is 0 Å². The first kappa shape index (κ1) is 13.7. The minimum Gasteiger partial charge on any atom is -0.480 e. The minimum absolute atomic E-state index is 0.0178. The molecule has 3 rings (SSSR count). The van der Waals surface area contributed by atoms with Gasteiger partial charge in [0.2, 0.25) is 0 Å². The monoisotopic (exact) mass is 293 g/mol. The summed E-state index contributed by atoms with van der Waals surface area (Å²) in [6, 6.07) is 5.85. The summed E-state index contributed by atoms with van der Waals surface area (Å²) < 4.78 is 5.73. The highest BCUT2D eigenvalue weighted by atomic mass is 35.5. The molecule has 2 aliphatic rings. The van der Waals surface area contributed by atoms with E-state index in [-0.39, 0.29) is 5.91 Å². The Morgan fingerprint density at radius 1 is 1.20 bits per heavy atom. The third-order valence-electron chi connectivity index (χ3n) is 4.19. The smallest absolute Gasteiger partial charge is 0.261 e. The Bertz CT molecular complexity index is 495. The molecule has 0 aromatic heterocycles. The van der Waals surface area contributed by atoms with Gasteiger partial charge in [-0.3, -0.25) is 4.79 Å². The van der Waals surface area contributed by atoms with Crippen molar-refractivity contribution in [3.05, 3.63) is 28.8 Å². The average molecular weight is 294 g/mol. The van der Waals surface area contributed by atoms with Gasteiger partial charge in [0.1, 0.15) is 5.75 Å². The third kappa shape index (κ3) is 3.09. The minimum atomic E-state index is -0.397. The average Bonchev–Trinajstić information content (AvgIpc) is 2.68. The van der Waals surface area contributed by atoms with Crippen molar-refractivity contribution in [2.45, 2.75) is 57.1 Å². The van der Waals surface area contributed by atoms with E-state index in [1.807, 2.05) is 12.1 Å². The second kappa shape index (κ2) is 6.04. The SMILES string of the molecule is O=C(NC1CCCCCC1)C1Cc2cc(Cl)ccc2O1. The predicted molar refractivity (Wildman–Crippen MR) is 79.2 cm³/mol. The van der Waals surface area contributed by atoms with Crippen molar-refractivity contribution in [2.24, 2.45) is 0 Å². The van der Waals surface area contributed by atoms with Crippen molar-refractivity contribution in [2.75, 3.05) is 0 Å². The number of amides is 1. The summed E-state index contributed by atoms with van der Waals surface area (Å²) in [7, 11) is 0. The lowest BCUT2D eigenvalue weighted by Gasteiger charge is -2.18. The summed E-state index contributed by atoms with van der Waals surface area (Å²) >= 11 is 5.97. The second-order valence-corrected chi connectivity index (χ2v) is 6.20. The molecular formula is C16H20ClNO2. The first-order chi connectivity index (χ1) is 9.72. The number of carbonyl (C=O) groups is 1. The number of hydrogen-bond acceptors (Lipinski definition) is 2. The van der Waals surface area contributed by atoms with Gasteiger partial charge in [-0.15, -0.1) is 0 Å². The van der Waals surface area contributed by atoms with Gasteiger partial charge in [0.25, 0.3) is 5.91 Å². The van der Waals surface area contributed by atoms with Gasteiger partial charge in [-0.1, -0.05) is 37.3 Å². The highest BCUT2D eigenvalue weighted by molar-refractivity contribution is 6.30. The number of fused-ring (bicyclic) bond motifs is 1. The van der Waals surface area contributed by atoms with E-state index in [0.29, 0.717) is 17.5 Å². The van der Waals surface area contributed by atoms with E-state index in [9.17, 15) is 4.79 Å². The fourth-order valence-electron chi connectivity index (χ4n) is 3.08. The number of ether oxygens (including phenoxy) is 1. The zero-order chi connectivity index (χ0) is 13.9. The Balaban J connectivity index is 1.59. The van der Waals surface area contributed by atoms with Crippen LogP contribution >= 0.6 is 11.6 Å². The van der Waals surface area contributed by atoms with Crippen molar-refractivity contribution < 1.29 is 9.53 Å². The van der Waals surface area contributed by atoms with Crippen molar-refractivity contribution in [3.8, 4) is 5.75 Å². The lowest BCUT2D eigenvalue weighted by atomic mass is 10.1. The molecule has 1 atom stereocenters. The number of carbonyl (C=O) groups excluding carboxylic acids is 1. The van der Waals surface area contributed by atoms with Crippen LogP contribution in [0.4, 0.5) is 0 Å². The van der Waals surface area contributed by atoms with Gasteiger partial charge in [0, 0.05) is 17.5 Å². The highest BCUT2D eigenvalue weighted by Crippen LogP contribution is 2.31.